The van der Waals surface area contributed by atoms with Gasteiger partial charge in [0.15, 0.2) is 0 Å². The van der Waals surface area contributed by atoms with Gasteiger partial charge in [0, 0.05) is 23.2 Å². The molecule has 0 aliphatic heterocycles. The molecule has 2 N–H and O–H groups in total. The lowest BCUT2D eigenvalue weighted by molar-refractivity contribution is 0.574. The topological polar surface area (TPSA) is 49.8 Å². The van der Waals surface area contributed by atoms with Gasteiger partial charge in [-0.1, -0.05) is 13.8 Å². The third-order valence-electron chi connectivity index (χ3n) is 4.04. The highest BCUT2D eigenvalue weighted by atomic mass is 32.2. The van der Waals surface area contributed by atoms with Gasteiger partial charge in [0.2, 0.25) is 5.95 Å². The normalized spacial score (nSPS) is 11.9. The molecule has 2 aromatic rings. The number of aromatic nitrogens is 2. The second-order valence-electron chi connectivity index (χ2n) is 5.17. The van der Waals surface area contributed by atoms with E-state index in [4.69, 9.17) is 0 Å². The molecule has 0 atom stereocenters. The van der Waals surface area contributed by atoms with E-state index in [0.29, 0.717) is 5.95 Å². The Balaban J connectivity index is 2.32. The quantitative estimate of drug-likeness (QED) is 0.792. The number of nitrogens with one attached hydrogen (secondary N) is 2. The van der Waals surface area contributed by atoms with Crippen LogP contribution in [0.2, 0.25) is 0 Å². The van der Waals surface area contributed by atoms with Gasteiger partial charge in [-0.15, -0.1) is 11.3 Å². The van der Waals surface area contributed by atoms with Crippen LogP contribution in [-0.4, -0.2) is 34.6 Å². The molecule has 0 saturated heterocycles. The molecular formula is C15H24N4S2. The zero-order valence-corrected chi connectivity index (χ0v) is 15.0. The number of nitrogens with zero attached hydrogens (tertiary/aromatic N) is 2. The van der Waals surface area contributed by atoms with Crippen LogP contribution in [-0.2, 0) is 0 Å². The molecule has 0 saturated carbocycles. The summed E-state index contributed by atoms with van der Waals surface area (Å²) in [5.74, 6) is 1.61. The fourth-order valence-corrected chi connectivity index (χ4v) is 4.07. The largest absolute Gasteiger partial charge is 0.368 e. The molecule has 21 heavy (non-hydrogen) atoms. The van der Waals surface area contributed by atoms with Crippen LogP contribution in [0.5, 0.6) is 0 Å². The average molecular weight is 325 g/mol. The molecule has 0 aliphatic rings. The van der Waals surface area contributed by atoms with Crippen molar-refractivity contribution in [3.63, 3.8) is 0 Å². The monoisotopic (exact) mass is 324 g/mol. The van der Waals surface area contributed by atoms with Crippen LogP contribution in [0.25, 0.3) is 10.2 Å². The summed E-state index contributed by atoms with van der Waals surface area (Å²) in [6.45, 7) is 7.54. The fraction of sp³-hybridized carbons (Fsp3) is 0.600. The Morgan fingerprint density at radius 1 is 1.29 bits per heavy atom. The highest BCUT2D eigenvalue weighted by Gasteiger charge is 2.25. The Kier molecular flexibility index (Phi) is 5.32. The van der Waals surface area contributed by atoms with Crippen LogP contribution in [0.1, 0.15) is 31.6 Å². The summed E-state index contributed by atoms with van der Waals surface area (Å²) in [4.78, 5) is 11.4. The van der Waals surface area contributed by atoms with Crippen LogP contribution in [0.15, 0.2) is 6.07 Å². The molecule has 2 rings (SSSR count). The lowest BCUT2D eigenvalue weighted by atomic mass is 10.0. The second kappa shape index (κ2) is 6.83. The first-order chi connectivity index (χ1) is 10.1. The third-order valence-corrected chi connectivity index (χ3v) is 6.57. The summed E-state index contributed by atoms with van der Waals surface area (Å²) in [7, 11) is 1.86. The second-order valence-corrected chi connectivity index (χ2v) is 7.68. The van der Waals surface area contributed by atoms with E-state index in [9.17, 15) is 0 Å². The molecule has 0 fully saturated rings. The molecular weight excluding hydrogens is 300 g/mol. The number of hydrogen-bond acceptors (Lipinski definition) is 6. The number of fused-ring (bicyclic) bond motifs is 1. The van der Waals surface area contributed by atoms with Gasteiger partial charge in [0.25, 0.3) is 0 Å². The molecule has 2 heterocycles. The number of thiophene rings is 1. The molecule has 0 bridgehead atoms. The number of aryl methyl sites for hydroxylation is 1. The first kappa shape index (κ1) is 16.4. The molecule has 0 aliphatic carbocycles. The van der Waals surface area contributed by atoms with Gasteiger partial charge < -0.3 is 10.6 Å². The zero-order chi connectivity index (χ0) is 15.5. The average Bonchev–Trinajstić information content (AvgIpc) is 2.89. The van der Waals surface area contributed by atoms with Crippen LogP contribution in [0, 0.1) is 6.92 Å². The molecule has 116 valence electrons. The first-order valence-electron chi connectivity index (χ1n) is 7.32. The minimum atomic E-state index is 0.266. The summed E-state index contributed by atoms with van der Waals surface area (Å²) in [6.07, 6.45) is 4.49. The maximum Gasteiger partial charge on any atom is 0.225 e. The first-order valence-corrected chi connectivity index (χ1v) is 9.36. The van der Waals surface area contributed by atoms with Crippen molar-refractivity contribution in [3.05, 3.63) is 10.9 Å². The van der Waals surface area contributed by atoms with E-state index in [-0.39, 0.29) is 4.75 Å². The Bertz CT molecular complexity index is 597. The highest BCUT2D eigenvalue weighted by molar-refractivity contribution is 8.00. The van der Waals surface area contributed by atoms with E-state index < -0.39 is 0 Å². The molecule has 0 unspecified atom stereocenters. The van der Waals surface area contributed by atoms with Crippen molar-refractivity contribution in [2.24, 2.45) is 0 Å². The Labute approximate surface area is 135 Å². The summed E-state index contributed by atoms with van der Waals surface area (Å²) < 4.78 is 0.266. The van der Waals surface area contributed by atoms with Gasteiger partial charge in [-0.2, -0.15) is 16.7 Å². The van der Waals surface area contributed by atoms with Gasteiger partial charge in [0.1, 0.15) is 10.6 Å². The van der Waals surface area contributed by atoms with Crippen molar-refractivity contribution in [2.75, 3.05) is 30.5 Å². The van der Waals surface area contributed by atoms with Crippen molar-refractivity contribution in [1.29, 1.82) is 0 Å². The molecule has 4 nitrogen and oxygen atoms in total. The van der Waals surface area contributed by atoms with Crippen LogP contribution < -0.4 is 10.6 Å². The predicted octanol–water partition coefficient (Wildman–Crippen LogP) is 4.38. The van der Waals surface area contributed by atoms with Crippen LogP contribution >= 0.6 is 23.1 Å². The standard InChI is InChI=1S/C15H24N4S2/c1-6-15(7-2,20-5)9-17-12-11-8-10(3)21-13(11)19-14(16-4)18-12/h8H,6-7,9H2,1-5H3,(H2,16,17,18,19). The molecule has 0 aromatic carbocycles. The van der Waals surface area contributed by atoms with E-state index >= 15 is 0 Å². The van der Waals surface area contributed by atoms with Crippen LogP contribution in [0.3, 0.4) is 0 Å². The molecule has 0 amide bonds. The molecule has 6 heteroatoms. The number of hydrogen-bond donors (Lipinski definition) is 2. The zero-order valence-electron chi connectivity index (χ0n) is 13.4. The van der Waals surface area contributed by atoms with Crippen LogP contribution in [0.4, 0.5) is 11.8 Å². The molecule has 0 spiro atoms. The van der Waals surface area contributed by atoms with Gasteiger partial charge in [0.05, 0.1) is 5.39 Å². The van der Waals surface area contributed by atoms with Gasteiger partial charge in [-0.3, -0.25) is 0 Å². The van der Waals surface area contributed by atoms with Gasteiger partial charge in [-0.25, -0.2) is 4.98 Å². The number of anilines is 2. The maximum atomic E-state index is 4.60. The predicted molar refractivity (Wildman–Crippen MR) is 97.0 cm³/mol. The fourth-order valence-electron chi connectivity index (χ4n) is 2.39. The van der Waals surface area contributed by atoms with E-state index in [1.807, 2.05) is 18.8 Å². The van der Waals surface area contributed by atoms with Crippen molar-refractivity contribution in [1.82, 2.24) is 9.97 Å². The number of rotatable bonds is 7. The Morgan fingerprint density at radius 3 is 2.57 bits per heavy atom. The number of thioether (sulfide) groups is 1. The van der Waals surface area contributed by atoms with E-state index in [2.05, 4.69) is 53.7 Å². The minimum Gasteiger partial charge on any atom is -0.368 e. The third kappa shape index (κ3) is 3.43. The summed E-state index contributed by atoms with van der Waals surface area (Å²) >= 11 is 3.65. The van der Waals surface area contributed by atoms with E-state index in [1.54, 1.807) is 11.3 Å². The summed E-state index contributed by atoms with van der Waals surface area (Å²) in [6, 6.07) is 2.17. The summed E-state index contributed by atoms with van der Waals surface area (Å²) in [5, 5.41) is 7.74. The molecule has 0 radical (unpaired) electrons. The van der Waals surface area contributed by atoms with E-state index in [0.717, 1.165) is 35.4 Å². The Morgan fingerprint density at radius 2 is 2.00 bits per heavy atom. The smallest absolute Gasteiger partial charge is 0.225 e. The SMILES string of the molecule is CCC(CC)(CNc1nc(NC)nc2sc(C)cc12)SC. The van der Waals surface area contributed by atoms with Gasteiger partial charge in [-0.05, 0) is 32.1 Å². The lowest BCUT2D eigenvalue weighted by Gasteiger charge is -2.30. The minimum absolute atomic E-state index is 0.266. The molecule has 2 aromatic heterocycles. The van der Waals surface area contributed by atoms with Crippen molar-refractivity contribution in [3.8, 4) is 0 Å². The van der Waals surface area contributed by atoms with Gasteiger partial charge >= 0.3 is 0 Å². The Hall–Kier alpha value is -1.01. The van der Waals surface area contributed by atoms with Crippen molar-refractivity contribution in [2.45, 2.75) is 38.4 Å². The van der Waals surface area contributed by atoms with Crippen molar-refractivity contribution < 1.29 is 0 Å². The lowest BCUT2D eigenvalue weighted by Crippen LogP contribution is -2.32. The van der Waals surface area contributed by atoms with Crippen molar-refractivity contribution >= 4 is 45.1 Å². The highest BCUT2D eigenvalue weighted by Crippen LogP contribution is 2.33. The summed E-state index contributed by atoms with van der Waals surface area (Å²) in [5.41, 5.74) is 0. The van der Waals surface area contributed by atoms with E-state index in [1.165, 1.54) is 4.88 Å². The maximum absolute atomic E-state index is 4.60.